The summed E-state index contributed by atoms with van der Waals surface area (Å²) in [7, 11) is 1.63. The van der Waals surface area contributed by atoms with Crippen molar-refractivity contribution in [2.75, 3.05) is 38.3 Å². The number of hydrogen-bond donors (Lipinski definition) is 1. The fourth-order valence-electron chi connectivity index (χ4n) is 4.19. The lowest BCUT2D eigenvalue weighted by atomic mass is 10.2. The van der Waals surface area contributed by atoms with E-state index in [1.54, 1.807) is 42.3 Å². The van der Waals surface area contributed by atoms with Gasteiger partial charge in [0.1, 0.15) is 17.0 Å². The lowest BCUT2D eigenvalue weighted by Crippen LogP contribution is -2.44. The smallest absolute Gasteiger partial charge is 0.343 e. The third-order valence-electron chi connectivity index (χ3n) is 5.78. The van der Waals surface area contributed by atoms with Crippen LogP contribution in [0.25, 0.3) is 16.2 Å². The van der Waals surface area contributed by atoms with Gasteiger partial charge in [0.25, 0.3) is 0 Å². The zero-order valence-corrected chi connectivity index (χ0v) is 22.3. The van der Waals surface area contributed by atoms with Gasteiger partial charge in [-0.15, -0.1) is 11.3 Å². The molecule has 2 atom stereocenters. The maximum absolute atomic E-state index is 13.1. The number of ether oxygens (including phenoxy) is 3. The molecule has 1 aliphatic rings. The van der Waals surface area contributed by atoms with Crippen molar-refractivity contribution in [1.82, 2.24) is 19.9 Å². The molecule has 3 aromatic rings. The number of anilines is 1. The number of thiazole rings is 1. The third kappa shape index (κ3) is 5.97. The molecule has 0 spiro atoms. The quantitative estimate of drug-likeness (QED) is 0.434. The number of aromatic nitrogens is 3. The fraction of sp³-hybridized carbons (Fsp3) is 0.480. The van der Waals surface area contributed by atoms with E-state index in [0.29, 0.717) is 29.7 Å². The summed E-state index contributed by atoms with van der Waals surface area (Å²) in [4.78, 5) is 49.0. The number of hydrogen-bond acceptors (Lipinski definition) is 11. The van der Waals surface area contributed by atoms with Crippen LogP contribution in [0.15, 0.2) is 34.7 Å². The molecule has 1 saturated heterocycles. The van der Waals surface area contributed by atoms with Crippen molar-refractivity contribution >= 4 is 40.1 Å². The Kier molecular flexibility index (Phi) is 7.90. The predicted molar refractivity (Wildman–Crippen MR) is 140 cm³/mol. The summed E-state index contributed by atoms with van der Waals surface area (Å²) in [5.41, 5.74) is -0.708. The molecule has 11 nitrogen and oxygen atoms in total. The molecular formula is C25H31N5O6S. The molecule has 198 valence electrons. The summed E-state index contributed by atoms with van der Waals surface area (Å²) in [6.07, 6.45) is 2.89. The van der Waals surface area contributed by atoms with E-state index in [1.165, 1.54) is 17.5 Å². The van der Waals surface area contributed by atoms with E-state index in [2.05, 4.69) is 10.3 Å². The van der Waals surface area contributed by atoms with Crippen molar-refractivity contribution in [2.45, 2.75) is 45.4 Å². The molecule has 1 fully saturated rings. The van der Waals surface area contributed by atoms with Crippen molar-refractivity contribution in [3.8, 4) is 5.13 Å². The zero-order chi connectivity index (χ0) is 26.7. The van der Waals surface area contributed by atoms with Crippen LogP contribution in [-0.2, 0) is 19.0 Å². The normalized spacial score (nSPS) is 17.8. The van der Waals surface area contributed by atoms with Gasteiger partial charge < -0.3 is 19.1 Å². The molecule has 12 heteroatoms. The van der Waals surface area contributed by atoms with Crippen LogP contribution in [0.2, 0.25) is 0 Å². The van der Waals surface area contributed by atoms with Crippen LogP contribution in [0.4, 0.5) is 5.82 Å². The predicted octanol–water partition coefficient (Wildman–Crippen LogP) is 2.15. The first-order valence-electron chi connectivity index (χ1n) is 12.0. The highest BCUT2D eigenvalue weighted by Crippen LogP contribution is 2.25. The molecule has 0 aliphatic carbocycles. The zero-order valence-electron chi connectivity index (χ0n) is 21.5. The average molecular weight is 530 g/mol. The largest absolute Gasteiger partial charge is 0.462 e. The highest BCUT2D eigenvalue weighted by Gasteiger charge is 2.34. The van der Waals surface area contributed by atoms with Crippen LogP contribution in [-0.4, -0.2) is 77.6 Å². The molecule has 3 aromatic heterocycles. The second kappa shape index (κ2) is 11.0. The van der Waals surface area contributed by atoms with Crippen molar-refractivity contribution in [1.29, 1.82) is 0 Å². The molecule has 37 heavy (non-hydrogen) atoms. The van der Waals surface area contributed by atoms with Gasteiger partial charge in [-0.2, -0.15) is 0 Å². The van der Waals surface area contributed by atoms with E-state index in [1.807, 2.05) is 25.7 Å². The second-order valence-corrected chi connectivity index (χ2v) is 10.4. The molecule has 4 rings (SSSR count). The van der Waals surface area contributed by atoms with Crippen LogP contribution in [0.1, 0.15) is 38.1 Å². The van der Waals surface area contributed by atoms with Crippen molar-refractivity contribution < 1.29 is 23.8 Å². The third-order valence-corrected chi connectivity index (χ3v) is 6.55. The highest BCUT2D eigenvalue weighted by molar-refractivity contribution is 7.12. The van der Waals surface area contributed by atoms with E-state index in [4.69, 9.17) is 19.2 Å². The van der Waals surface area contributed by atoms with Crippen molar-refractivity contribution in [3.05, 3.63) is 45.7 Å². The molecular weight excluding hydrogens is 498 g/mol. The van der Waals surface area contributed by atoms with E-state index in [0.717, 1.165) is 0 Å². The second-order valence-electron chi connectivity index (χ2n) is 9.57. The Balaban J connectivity index is 1.64. The average Bonchev–Trinajstić information content (AvgIpc) is 3.52. The number of carbonyl (C=O) groups excluding carboxylic acids is 2. The fourth-order valence-corrected chi connectivity index (χ4v) is 4.81. The Labute approximate surface area is 218 Å². The minimum absolute atomic E-state index is 0.0566. The molecule has 0 radical (unpaired) electrons. The Morgan fingerprint density at radius 1 is 1.24 bits per heavy atom. The Bertz CT molecular complexity index is 1330. The Morgan fingerprint density at radius 3 is 2.68 bits per heavy atom. The molecule has 0 bridgehead atoms. The number of fused-ring (bicyclic) bond motifs is 1. The van der Waals surface area contributed by atoms with Gasteiger partial charge in [-0.1, -0.05) is 0 Å². The van der Waals surface area contributed by atoms with Gasteiger partial charge in [-0.05, 0) is 39.8 Å². The summed E-state index contributed by atoms with van der Waals surface area (Å²) in [5, 5.41) is 5.88. The van der Waals surface area contributed by atoms with Gasteiger partial charge in [-0.3, -0.25) is 19.5 Å². The topological polar surface area (TPSA) is 125 Å². The van der Waals surface area contributed by atoms with Gasteiger partial charge in [0, 0.05) is 38.0 Å². The van der Waals surface area contributed by atoms with Crippen LogP contribution < -0.4 is 15.6 Å². The van der Waals surface area contributed by atoms with E-state index in [9.17, 15) is 14.4 Å². The molecule has 0 aromatic carbocycles. The summed E-state index contributed by atoms with van der Waals surface area (Å²) in [6, 6.07) is 3.27. The van der Waals surface area contributed by atoms with Gasteiger partial charge in [-0.25, -0.2) is 14.8 Å². The molecule has 0 unspecified atom stereocenters. The number of methoxy groups -OCH3 is 1. The first-order chi connectivity index (χ1) is 17.6. The van der Waals surface area contributed by atoms with Crippen LogP contribution in [0.5, 0.6) is 0 Å². The Morgan fingerprint density at radius 2 is 2.03 bits per heavy atom. The SMILES string of the molecule is CCOC(=O)c1cn(-c2nccs2)c2nc(N3C[C@@H](NCC(=O)OC(C)(C)C)[C@H](OC)C3)ccc2c1=O. The minimum atomic E-state index is -0.690. The standard InChI is InChI=1S/C25H31N5O6S/c1-6-35-23(33)16-12-30(24-26-9-10-37-24)22-15(21(16)32)7-8-19(28-22)29-13-17(18(14-29)34-5)27-11-20(31)36-25(2,3)4/h7-10,12,17-18,27H,6,11,13-14H2,1-5H3/t17-,18-/m1/s1. The van der Waals surface area contributed by atoms with Gasteiger partial charge >= 0.3 is 11.9 Å². The van der Waals surface area contributed by atoms with Crippen LogP contribution in [0.3, 0.4) is 0 Å². The van der Waals surface area contributed by atoms with Crippen LogP contribution >= 0.6 is 11.3 Å². The van der Waals surface area contributed by atoms with Gasteiger partial charge in [0.05, 0.1) is 30.7 Å². The molecule has 1 N–H and O–H groups in total. The Hall–Kier alpha value is -3.35. The molecule has 0 amide bonds. The number of carbonyl (C=O) groups is 2. The van der Waals surface area contributed by atoms with Crippen molar-refractivity contribution in [2.24, 2.45) is 0 Å². The van der Waals surface area contributed by atoms with Crippen molar-refractivity contribution in [3.63, 3.8) is 0 Å². The highest BCUT2D eigenvalue weighted by atomic mass is 32.1. The summed E-state index contributed by atoms with van der Waals surface area (Å²) in [6.45, 7) is 8.44. The first-order valence-corrected chi connectivity index (χ1v) is 12.9. The van der Waals surface area contributed by atoms with Gasteiger partial charge in [0.2, 0.25) is 5.43 Å². The number of pyridine rings is 2. The number of nitrogens with zero attached hydrogens (tertiary/aromatic N) is 4. The maximum Gasteiger partial charge on any atom is 0.343 e. The van der Waals surface area contributed by atoms with E-state index < -0.39 is 17.0 Å². The summed E-state index contributed by atoms with van der Waals surface area (Å²) >= 11 is 1.36. The molecule has 0 saturated carbocycles. The monoisotopic (exact) mass is 529 g/mol. The summed E-state index contributed by atoms with van der Waals surface area (Å²) < 4.78 is 17.8. The van der Waals surface area contributed by atoms with E-state index in [-0.39, 0.29) is 42.2 Å². The number of esters is 2. The number of rotatable bonds is 8. The molecule has 4 heterocycles. The molecule has 1 aliphatic heterocycles. The lowest BCUT2D eigenvalue weighted by Gasteiger charge is -2.22. The van der Waals surface area contributed by atoms with Gasteiger partial charge in [0.15, 0.2) is 10.8 Å². The lowest BCUT2D eigenvalue weighted by molar-refractivity contribution is -0.153. The summed E-state index contributed by atoms with van der Waals surface area (Å²) in [5.74, 6) is -0.399. The number of nitrogens with one attached hydrogen (secondary N) is 1. The first kappa shape index (κ1) is 26.7. The van der Waals surface area contributed by atoms with Crippen LogP contribution in [0, 0.1) is 0 Å². The minimum Gasteiger partial charge on any atom is -0.462 e. The van der Waals surface area contributed by atoms with E-state index >= 15 is 0 Å². The maximum atomic E-state index is 13.1.